The van der Waals surface area contributed by atoms with Crippen molar-refractivity contribution in [1.29, 1.82) is 0 Å². The van der Waals surface area contributed by atoms with Crippen molar-refractivity contribution in [1.82, 2.24) is 0 Å². The fourth-order valence-corrected chi connectivity index (χ4v) is 2.16. The van der Waals surface area contributed by atoms with Crippen LogP contribution < -0.4 is 14.9 Å². The summed E-state index contributed by atoms with van der Waals surface area (Å²) in [6, 6.07) is 12.7. The maximum atomic E-state index is 9.13. The van der Waals surface area contributed by atoms with Crippen LogP contribution in [0.4, 0.5) is 0 Å². The SMILES string of the molecule is OB(O)c1cccc(COCc2ccc3c(c2)OCO3)c1. The zero-order valence-corrected chi connectivity index (χ0v) is 11.4. The molecule has 1 aliphatic heterocycles. The quantitative estimate of drug-likeness (QED) is 0.796. The third-order valence-electron chi connectivity index (χ3n) is 3.22. The van der Waals surface area contributed by atoms with E-state index >= 15 is 0 Å². The van der Waals surface area contributed by atoms with Crippen molar-refractivity contribution < 1.29 is 24.3 Å². The van der Waals surface area contributed by atoms with Gasteiger partial charge in [-0.2, -0.15) is 0 Å². The molecule has 3 rings (SSSR count). The van der Waals surface area contributed by atoms with E-state index in [2.05, 4.69) is 0 Å². The van der Waals surface area contributed by atoms with Crippen LogP contribution in [0.25, 0.3) is 0 Å². The molecule has 0 fully saturated rings. The van der Waals surface area contributed by atoms with Crippen molar-refractivity contribution in [3.8, 4) is 11.5 Å². The smallest absolute Gasteiger partial charge is 0.454 e. The summed E-state index contributed by atoms with van der Waals surface area (Å²) in [4.78, 5) is 0. The molecule has 1 heterocycles. The third-order valence-corrected chi connectivity index (χ3v) is 3.22. The van der Waals surface area contributed by atoms with Crippen LogP contribution in [-0.2, 0) is 18.0 Å². The molecule has 0 atom stereocenters. The first-order valence-corrected chi connectivity index (χ1v) is 6.63. The van der Waals surface area contributed by atoms with E-state index in [0.717, 1.165) is 22.6 Å². The second-order valence-electron chi connectivity index (χ2n) is 4.80. The van der Waals surface area contributed by atoms with Crippen molar-refractivity contribution in [2.75, 3.05) is 6.79 Å². The Hall–Kier alpha value is -2.02. The Morgan fingerprint density at radius 1 is 0.952 bits per heavy atom. The second kappa shape index (κ2) is 6.18. The monoisotopic (exact) mass is 286 g/mol. The zero-order valence-electron chi connectivity index (χ0n) is 11.4. The van der Waals surface area contributed by atoms with Gasteiger partial charge in [0.25, 0.3) is 0 Å². The summed E-state index contributed by atoms with van der Waals surface area (Å²) < 4.78 is 16.2. The first-order valence-electron chi connectivity index (χ1n) is 6.63. The van der Waals surface area contributed by atoms with Gasteiger partial charge in [-0.05, 0) is 28.7 Å². The molecule has 0 aliphatic carbocycles. The molecule has 21 heavy (non-hydrogen) atoms. The van der Waals surface area contributed by atoms with Crippen LogP contribution in [0.1, 0.15) is 11.1 Å². The maximum absolute atomic E-state index is 9.13. The van der Waals surface area contributed by atoms with Gasteiger partial charge in [-0.1, -0.05) is 30.3 Å². The number of hydrogen-bond acceptors (Lipinski definition) is 5. The fraction of sp³-hybridized carbons (Fsp3) is 0.200. The summed E-state index contributed by atoms with van der Waals surface area (Å²) in [7, 11) is -1.46. The first kappa shape index (κ1) is 13.9. The molecular formula is C15H15BO5. The van der Waals surface area contributed by atoms with Gasteiger partial charge in [0.1, 0.15) is 0 Å². The van der Waals surface area contributed by atoms with Crippen LogP contribution in [-0.4, -0.2) is 24.0 Å². The molecule has 0 saturated heterocycles. The number of fused-ring (bicyclic) bond motifs is 1. The topological polar surface area (TPSA) is 68.2 Å². The maximum Gasteiger partial charge on any atom is 0.488 e. The summed E-state index contributed by atoms with van der Waals surface area (Å²) in [5.74, 6) is 1.49. The predicted octanol–water partition coefficient (Wildman–Crippen LogP) is 0.812. The Bertz CT molecular complexity index is 629. The number of rotatable bonds is 5. The molecule has 2 N–H and O–H groups in total. The Morgan fingerprint density at radius 2 is 1.71 bits per heavy atom. The predicted molar refractivity (Wildman–Crippen MR) is 77.3 cm³/mol. The average molecular weight is 286 g/mol. The van der Waals surface area contributed by atoms with Gasteiger partial charge in [-0.25, -0.2) is 0 Å². The van der Waals surface area contributed by atoms with Crippen LogP contribution in [0.15, 0.2) is 42.5 Å². The highest BCUT2D eigenvalue weighted by atomic mass is 16.7. The molecule has 0 saturated carbocycles. The Balaban J connectivity index is 1.57. The lowest BCUT2D eigenvalue weighted by Gasteiger charge is -2.07. The van der Waals surface area contributed by atoms with Crippen molar-refractivity contribution in [2.45, 2.75) is 13.2 Å². The highest BCUT2D eigenvalue weighted by Gasteiger charge is 2.13. The Morgan fingerprint density at radius 3 is 2.52 bits per heavy atom. The highest BCUT2D eigenvalue weighted by molar-refractivity contribution is 6.58. The van der Waals surface area contributed by atoms with Crippen LogP contribution in [0.2, 0.25) is 0 Å². The molecule has 108 valence electrons. The van der Waals surface area contributed by atoms with Gasteiger partial charge in [0.15, 0.2) is 11.5 Å². The van der Waals surface area contributed by atoms with E-state index in [1.165, 1.54) is 0 Å². The molecule has 0 amide bonds. The number of benzene rings is 2. The lowest BCUT2D eigenvalue weighted by Crippen LogP contribution is -2.29. The van der Waals surface area contributed by atoms with E-state index in [4.69, 9.17) is 24.3 Å². The molecule has 0 bridgehead atoms. The number of hydrogen-bond donors (Lipinski definition) is 2. The summed E-state index contributed by atoms with van der Waals surface area (Å²) in [5.41, 5.74) is 2.35. The van der Waals surface area contributed by atoms with Crippen molar-refractivity contribution in [3.05, 3.63) is 53.6 Å². The third kappa shape index (κ3) is 3.36. The summed E-state index contributed by atoms with van der Waals surface area (Å²) in [6.45, 7) is 1.10. The molecule has 5 nitrogen and oxygen atoms in total. The number of ether oxygens (including phenoxy) is 3. The van der Waals surface area contributed by atoms with Crippen LogP contribution >= 0.6 is 0 Å². The van der Waals surface area contributed by atoms with Gasteiger partial charge < -0.3 is 24.3 Å². The molecule has 2 aromatic carbocycles. The zero-order chi connectivity index (χ0) is 14.7. The lowest BCUT2D eigenvalue weighted by atomic mass is 9.80. The van der Waals surface area contributed by atoms with E-state index in [9.17, 15) is 0 Å². The molecule has 0 spiro atoms. The Labute approximate surface area is 122 Å². The fourth-order valence-electron chi connectivity index (χ4n) is 2.16. The first-order chi connectivity index (χ1) is 10.2. The van der Waals surface area contributed by atoms with Crippen molar-refractivity contribution in [2.24, 2.45) is 0 Å². The van der Waals surface area contributed by atoms with E-state index < -0.39 is 7.12 Å². The summed E-state index contributed by atoms with van der Waals surface area (Å²) in [5, 5.41) is 18.3. The molecule has 1 aliphatic rings. The van der Waals surface area contributed by atoms with Crippen LogP contribution in [0.3, 0.4) is 0 Å². The largest absolute Gasteiger partial charge is 0.488 e. The minimum Gasteiger partial charge on any atom is -0.454 e. The molecular weight excluding hydrogens is 271 g/mol. The van der Waals surface area contributed by atoms with E-state index in [1.54, 1.807) is 18.2 Å². The highest BCUT2D eigenvalue weighted by Crippen LogP contribution is 2.32. The van der Waals surface area contributed by atoms with Gasteiger partial charge in [-0.3, -0.25) is 0 Å². The van der Waals surface area contributed by atoms with E-state index in [1.807, 2.05) is 24.3 Å². The van der Waals surface area contributed by atoms with Crippen molar-refractivity contribution >= 4 is 12.6 Å². The van der Waals surface area contributed by atoms with Gasteiger partial charge in [-0.15, -0.1) is 0 Å². The van der Waals surface area contributed by atoms with Gasteiger partial charge >= 0.3 is 7.12 Å². The van der Waals surface area contributed by atoms with Crippen LogP contribution in [0, 0.1) is 0 Å². The molecule has 6 heteroatoms. The molecule has 0 aromatic heterocycles. The van der Waals surface area contributed by atoms with Gasteiger partial charge in [0.05, 0.1) is 13.2 Å². The van der Waals surface area contributed by atoms with Crippen molar-refractivity contribution in [3.63, 3.8) is 0 Å². The molecule has 2 aromatic rings. The van der Waals surface area contributed by atoms with Gasteiger partial charge in [0.2, 0.25) is 6.79 Å². The molecule has 0 unspecified atom stereocenters. The average Bonchev–Trinajstić information content (AvgIpc) is 2.95. The minimum absolute atomic E-state index is 0.260. The van der Waals surface area contributed by atoms with Gasteiger partial charge in [0, 0.05) is 0 Å². The summed E-state index contributed by atoms with van der Waals surface area (Å²) >= 11 is 0. The van der Waals surface area contributed by atoms with Crippen LogP contribution in [0.5, 0.6) is 11.5 Å². The summed E-state index contributed by atoms with van der Waals surface area (Å²) in [6.07, 6.45) is 0. The second-order valence-corrected chi connectivity index (χ2v) is 4.80. The van der Waals surface area contributed by atoms with E-state index in [0.29, 0.717) is 18.7 Å². The standard InChI is InChI=1S/C15H15BO5/c17-16(18)13-3-1-2-11(6-13)8-19-9-12-4-5-14-15(7-12)21-10-20-14/h1-7,17-18H,8-10H2. The minimum atomic E-state index is -1.46. The Kier molecular flexibility index (Phi) is 4.10. The normalized spacial score (nSPS) is 12.5. The molecule has 0 radical (unpaired) electrons. The van der Waals surface area contributed by atoms with E-state index in [-0.39, 0.29) is 6.79 Å². The lowest BCUT2D eigenvalue weighted by molar-refractivity contribution is 0.107.